The molecule has 2 aromatic carbocycles. The van der Waals surface area contributed by atoms with Gasteiger partial charge < -0.3 is 14.5 Å². The van der Waals surface area contributed by atoms with E-state index in [2.05, 4.69) is 0 Å². The molecule has 1 aliphatic heterocycles. The number of fused-ring (bicyclic) bond motifs is 1. The standard InChI is InChI=1S/C20H21ClN2O3/c1-14(24)23-9-8-15-12-16(6-7-19(15)23)20(25)22(2)10-11-26-18-5-3-4-17(21)13-18/h3-7,12-13H,8-11H2,1-2H3. The zero-order valence-electron chi connectivity index (χ0n) is 14.9. The Bertz CT molecular complexity index is 838. The van der Waals surface area contributed by atoms with Gasteiger partial charge in [-0.3, -0.25) is 9.59 Å². The molecule has 0 N–H and O–H groups in total. The number of carbonyl (C=O) groups excluding carboxylic acids is 2. The lowest BCUT2D eigenvalue weighted by Gasteiger charge is -2.19. The van der Waals surface area contributed by atoms with Crippen molar-refractivity contribution in [2.24, 2.45) is 0 Å². The summed E-state index contributed by atoms with van der Waals surface area (Å²) in [6.07, 6.45) is 0.775. The van der Waals surface area contributed by atoms with Crippen LogP contribution in [0.1, 0.15) is 22.8 Å². The van der Waals surface area contributed by atoms with E-state index in [-0.39, 0.29) is 11.8 Å². The van der Waals surface area contributed by atoms with Crippen molar-refractivity contribution >= 4 is 29.1 Å². The summed E-state index contributed by atoms with van der Waals surface area (Å²) in [6.45, 7) is 3.07. The van der Waals surface area contributed by atoms with E-state index in [4.69, 9.17) is 16.3 Å². The minimum absolute atomic E-state index is 0.0260. The third-order valence-electron chi connectivity index (χ3n) is 4.44. The summed E-state index contributed by atoms with van der Waals surface area (Å²) in [5, 5.41) is 0.615. The Balaban J connectivity index is 1.59. The second-order valence-electron chi connectivity index (χ2n) is 6.30. The van der Waals surface area contributed by atoms with Crippen LogP contribution < -0.4 is 9.64 Å². The highest BCUT2D eigenvalue weighted by atomic mass is 35.5. The van der Waals surface area contributed by atoms with Gasteiger partial charge in [-0.15, -0.1) is 0 Å². The van der Waals surface area contributed by atoms with Crippen LogP contribution in [0.15, 0.2) is 42.5 Å². The van der Waals surface area contributed by atoms with Crippen LogP contribution in [-0.2, 0) is 11.2 Å². The van der Waals surface area contributed by atoms with E-state index in [0.29, 0.717) is 36.0 Å². The summed E-state index contributed by atoms with van der Waals surface area (Å²) in [4.78, 5) is 27.6. The Kier molecular flexibility index (Phi) is 5.47. The Morgan fingerprint density at radius 1 is 1.23 bits per heavy atom. The molecule has 5 nitrogen and oxygen atoms in total. The van der Waals surface area contributed by atoms with Crippen LogP contribution in [0, 0.1) is 0 Å². The lowest BCUT2D eigenvalue weighted by molar-refractivity contribution is -0.116. The average molecular weight is 373 g/mol. The molecule has 3 rings (SSSR count). The number of benzene rings is 2. The first kappa shape index (κ1) is 18.3. The minimum atomic E-state index is -0.0660. The van der Waals surface area contributed by atoms with Gasteiger partial charge in [0.2, 0.25) is 5.91 Å². The maximum absolute atomic E-state index is 12.6. The molecule has 6 heteroatoms. The molecular formula is C20H21ClN2O3. The predicted molar refractivity (Wildman–Crippen MR) is 102 cm³/mol. The summed E-state index contributed by atoms with van der Waals surface area (Å²) >= 11 is 5.92. The fraction of sp³-hybridized carbons (Fsp3) is 0.300. The smallest absolute Gasteiger partial charge is 0.253 e. The van der Waals surface area contributed by atoms with Crippen LogP contribution in [-0.4, -0.2) is 43.5 Å². The topological polar surface area (TPSA) is 49.9 Å². The van der Waals surface area contributed by atoms with Gasteiger partial charge in [-0.25, -0.2) is 0 Å². The first-order chi connectivity index (χ1) is 12.5. The van der Waals surface area contributed by atoms with Crippen molar-refractivity contribution in [3.63, 3.8) is 0 Å². The van der Waals surface area contributed by atoms with Crippen molar-refractivity contribution in [3.05, 3.63) is 58.6 Å². The SMILES string of the molecule is CC(=O)N1CCc2cc(C(=O)N(C)CCOc3cccc(Cl)c3)ccc21. The van der Waals surface area contributed by atoms with Crippen LogP contribution in [0.2, 0.25) is 5.02 Å². The number of ether oxygens (including phenoxy) is 1. The molecule has 1 aliphatic rings. The molecule has 0 aromatic heterocycles. The molecule has 0 saturated carbocycles. The van der Waals surface area contributed by atoms with Crippen LogP contribution in [0.5, 0.6) is 5.75 Å². The lowest BCUT2D eigenvalue weighted by Crippen LogP contribution is -2.31. The molecule has 26 heavy (non-hydrogen) atoms. The van der Waals surface area contributed by atoms with Gasteiger partial charge in [-0.05, 0) is 48.4 Å². The van der Waals surface area contributed by atoms with E-state index in [9.17, 15) is 9.59 Å². The first-order valence-corrected chi connectivity index (χ1v) is 8.88. The van der Waals surface area contributed by atoms with E-state index in [1.165, 1.54) is 0 Å². The molecule has 0 radical (unpaired) electrons. The van der Waals surface area contributed by atoms with Crippen LogP contribution >= 0.6 is 11.6 Å². The molecule has 136 valence electrons. The van der Waals surface area contributed by atoms with Gasteiger partial charge in [0.05, 0.1) is 6.54 Å². The highest BCUT2D eigenvalue weighted by Crippen LogP contribution is 2.29. The Morgan fingerprint density at radius 3 is 2.77 bits per heavy atom. The van der Waals surface area contributed by atoms with Crippen LogP contribution in [0.25, 0.3) is 0 Å². The summed E-state index contributed by atoms with van der Waals surface area (Å²) in [5.74, 6) is 0.641. The van der Waals surface area contributed by atoms with Gasteiger partial charge in [-0.2, -0.15) is 0 Å². The van der Waals surface area contributed by atoms with Crippen molar-refractivity contribution in [2.45, 2.75) is 13.3 Å². The number of hydrogen-bond donors (Lipinski definition) is 0. The van der Waals surface area contributed by atoms with Crippen molar-refractivity contribution in [3.8, 4) is 5.75 Å². The molecule has 0 aliphatic carbocycles. The number of hydrogen-bond acceptors (Lipinski definition) is 3. The van der Waals surface area contributed by atoms with Gasteiger partial charge in [0.15, 0.2) is 0 Å². The van der Waals surface area contributed by atoms with Crippen molar-refractivity contribution in [1.29, 1.82) is 0 Å². The van der Waals surface area contributed by atoms with Gasteiger partial charge in [-0.1, -0.05) is 17.7 Å². The van der Waals surface area contributed by atoms with Gasteiger partial charge in [0.25, 0.3) is 5.91 Å². The quantitative estimate of drug-likeness (QED) is 0.808. The monoisotopic (exact) mass is 372 g/mol. The third kappa shape index (κ3) is 3.99. The van der Waals surface area contributed by atoms with Crippen LogP contribution in [0.3, 0.4) is 0 Å². The number of anilines is 1. The zero-order valence-corrected chi connectivity index (χ0v) is 15.6. The number of halogens is 1. The molecular weight excluding hydrogens is 352 g/mol. The summed E-state index contributed by atoms with van der Waals surface area (Å²) < 4.78 is 5.64. The number of likely N-dealkylation sites (N-methyl/N-ethyl adjacent to an activating group) is 1. The summed E-state index contributed by atoms with van der Waals surface area (Å²) in [7, 11) is 1.75. The van der Waals surface area contributed by atoms with E-state index < -0.39 is 0 Å². The molecule has 0 atom stereocenters. The normalized spacial score (nSPS) is 12.7. The van der Waals surface area contributed by atoms with Crippen molar-refractivity contribution < 1.29 is 14.3 Å². The largest absolute Gasteiger partial charge is 0.492 e. The first-order valence-electron chi connectivity index (χ1n) is 8.50. The summed E-state index contributed by atoms with van der Waals surface area (Å²) in [5.41, 5.74) is 2.56. The molecule has 2 amide bonds. The molecule has 2 aromatic rings. The maximum atomic E-state index is 12.6. The maximum Gasteiger partial charge on any atom is 0.253 e. The fourth-order valence-electron chi connectivity index (χ4n) is 3.04. The minimum Gasteiger partial charge on any atom is -0.492 e. The fourth-order valence-corrected chi connectivity index (χ4v) is 3.22. The van der Waals surface area contributed by atoms with E-state index in [0.717, 1.165) is 17.7 Å². The molecule has 1 heterocycles. The molecule has 0 fully saturated rings. The van der Waals surface area contributed by atoms with Crippen molar-refractivity contribution in [1.82, 2.24) is 4.90 Å². The van der Waals surface area contributed by atoms with Crippen molar-refractivity contribution in [2.75, 3.05) is 31.6 Å². The third-order valence-corrected chi connectivity index (χ3v) is 4.68. The Labute approximate surface area is 158 Å². The van der Waals surface area contributed by atoms with E-state index >= 15 is 0 Å². The molecule has 0 unspecified atom stereocenters. The number of nitrogens with zero attached hydrogens (tertiary/aromatic N) is 2. The molecule has 0 spiro atoms. The van der Waals surface area contributed by atoms with Gasteiger partial charge in [0.1, 0.15) is 12.4 Å². The zero-order chi connectivity index (χ0) is 18.7. The second kappa shape index (κ2) is 7.79. The highest BCUT2D eigenvalue weighted by Gasteiger charge is 2.23. The van der Waals surface area contributed by atoms with E-state index in [1.54, 1.807) is 42.0 Å². The number of rotatable bonds is 5. The molecule has 0 bridgehead atoms. The lowest BCUT2D eigenvalue weighted by atomic mass is 10.1. The van der Waals surface area contributed by atoms with Gasteiger partial charge >= 0.3 is 0 Å². The predicted octanol–water partition coefficient (Wildman–Crippen LogP) is 3.40. The Hall–Kier alpha value is -2.53. The molecule has 0 saturated heterocycles. The van der Waals surface area contributed by atoms with E-state index in [1.807, 2.05) is 24.3 Å². The number of carbonyl (C=O) groups is 2. The number of amides is 2. The highest BCUT2D eigenvalue weighted by molar-refractivity contribution is 6.30. The average Bonchev–Trinajstić information content (AvgIpc) is 3.04. The van der Waals surface area contributed by atoms with Crippen LogP contribution in [0.4, 0.5) is 5.69 Å². The summed E-state index contributed by atoms with van der Waals surface area (Å²) in [6, 6.07) is 12.7. The van der Waals surface area contributed by atoms with Gasteiger partial charge in [0, 0.05) is 36.8 Å². The second-order valence-corrected chi connectivity index (χ2v) is 6.73. The Morgan fingerprint density at radius 2 is 2.04 bits per heavy atom.